The number of thiophene rings is 1. The van der Waals surface area contributed by atoms with E-state index in [4.69, 9.17) is 5.73 Å². The van der Waals surface area contributed by atoms with E-state index in [1.807, 2.05) is 0 Å². The number of alkyl halides is 3. The SMILES string of the molecule is CC(C)(C)C(=O)c1c(N)sc2c1CCC(C(F)(F)F)C2. The van der Waals surface area contributed by atoms with Crippen molar-refractivity contribution in [2.45, 2.75) is 46.2 Å². The number of fused-ring (bicyclic) bond motifs is 1. The Hall–Kier alpha value is -1.04. The third-order valence-corrected chi connectivity index (χ3v) is 4.75. The lowest BCUT2D eigenvalue weighted by atomic mass is 9.81. The van der Waals surface area contributed by atoms with Gasteiger partial charge in [-0.05, 0) is 24.8 Å². The van der Waals surface area contributed by atoms with Crippen LogP contribution >= 0.6 is 11.3 Å². The quantitative estimate of drug-likeness (QED) is 0.789. The number of carbonyl (C=O) groups is 1. The van der Waals surface area contributed by atoms with Crippen LogP contribution in [0.4, 0.5) is 18.2 Å². The number of ketones is 1. The Labute approximate surface area is 120 Å². The van der Waals surface area contributed by atoms with Gasteiger partial charge in [-0.3, -0.25) is 4.79 Å². The summed E-state index contributed by atoms with van der Waals surface area (Å²) in [5.41, 5.74) is 6.51. The van der Waals surface area contributed by atoms with Crippen LogP contribution in [0.1, 0.15) is 48.0 Å². The lowest BCUT2D eigenvalue weighted by Gasteiger charge is -2.25. The van der Waals surface area contributed by atoms with Crippen LogP contribution in [0.3, 0.4) is 0 Å². The summed E-state index contributed by atoms with van der Waals surface area (Å²) < 4.78 is 38.4. The molecule has 0 saturated heterocycles. The lowest BCUT2D eigenvalue weighted by Crippen LogP contribution is -2.29. The van der Waals surface area contributed by atoms with Crippen molar-refractivity contribution < 1.29 is 18.0 Å². The first-order valence-electron chi connectivity index (χ1n) is 6.53. The Balaban J connectivity index is 2.38. The highest BCUT2D eigenvalue weighted by atomic mass is 32.1. The molecule has 2 N–H and O–H groups in total. The summed E-state index contributed by atoms with van der Waals surface area (Å²) in [5, 5.41) is 0.359. The minimum atomic E-state index is -4.18. The van der Waals surface area contributed by atoms with E-state index in [0.717, 1.165) is 16.9 Å². The molecule has 0 amide bonds. The highest BCUT2D eigenvalue weighted by molar-refractivity contribution is 7.16. The van der Waals surface area contributed by atoms with Gasteiger partial charge >= 0.3 is 6.18 Å². The summed E-state index contributed by atoms with van der Waals surface area (Å²) in [5.74, 6) is -1.40. The van der Waals surface area contributed by atoms with Crippen molar-refractivity contribution >= 4 is 22.1 Å². The molecule has 0 bridgehead atoms. The van der Waals surface area contributed by atoms with Crippen molar-refractivity contribution in [3.05, 3.63) is 16.0 Å². The largest absolute Gasteiger partial charge is 0.392 e. The summed E-state index contributed by atoms with van der Waals surface area (Å²) in [7, 11) is 0. The second kappa shape index (κ2) is 4.76. The fourth-order valence-electron chi connectivity index (χ4n) is 2.51. The highest BCUT2D eigenvalue weighted by Crippen LogP contribution is 2.44. The molecule has 0 radical (unpaired) electrons. The van der Waals surface area contributed by atoms with Gasteiger partial charge < -0.3 is 5.73 Å². The first-order chi connectivity index (χ1) is 9.01. The van der Waals surface area contributed by atoms with E-state index in [1.165, 1.54) is 0 Å². The van der Waals surface area contributed by atoms with Crippen molar-refractivity contribution in [3.63, 3.8) is 0 Å². The highest BCUT2D eigenvalue weighted by Gasteiger charge is 2.43. The number of Topliss-reactive ketones (excluding diaryl/α,β-unsaturated/α-hetero) is 1. The van der Waals surface area contributed by atoms with Gasteiger partial charge in [0, 0.05) is 10.3 Å². The fraction of sp³-hybridized carbons (Fsp3) is 0.643. The Morgan fingerprint density at radius 3 is 2.40 bits per heavy atom. The number of anilines is 1. The lowest BCUT2D eigenvalue weighted by molar-refractivity contribution is -0.176. The molecule has 1 heterocycles. The van der Waals surface area contributed by atoms with Gasteiger partial charge in [0.25, 0.3) is 0 Å². The molecule has 0 aliphatic heterocycles. The van der Waals surface area contributed by atoms with E-state index in [0.29, 0.717) is 15.4 Å². The van der Waals surface area contributed by atoms with Gasteiger partial charge in [0.2, 0.25) is 0 Å². The maximum atomic E-state index is 12.8. The molecule has 20 heavy (non-hydrogen) atoms. The van der Waals surface area contributed by atoms with Crippen LogP contribution in [0.15, 0.2) is 0 Å². The minimum Gasteiger partial charge on any atom is -0.390 e. The van der Waals surface area contributed by atoms with Gasteiger partial charge in [-0.15, -0.1) is 11.3 Å². The zero-order valence-corrected chi connectivity index (χ0v) is 12.5. The second-order valence-corrected chi connectivity index (χ2v) is 7.44. The number of nitrogens with two attached hydrogens (primary N) is 1. The number of hydrogen-bond donors (Lipinski definition) is 1. The van der Waals surface area contributed by atoms with Crippen molar-refractivity contribution in [2.75, 3.05) is 5.73 Å². The summed E-state index contributed by atoms with van der Waals surface area (Å²) >= 11 is 1.14. The van der Waals surface area contributed by atoms with Gasteiger partial charge in [-0.25, -0.2) is 0 Å². The zero-order valence-electron chi connectivity index (χ0n) is 11.7. The first kappa shape index (κ1) is 15.4. The van der Waals surface area contributed by atoms with Gasteiger partial charge in [0.15, 0.2) is 5.78 Å². The van der Waals surface area contributed by atoms with Crippen molar-refractivity contribution in [2.24, 2.45) is 11.3 Å². The maximum absolute atomic E-state index is 12.8. The normalized spacial score (nSPS) is 19.8. The van der Waals surface area contributed by atoms with Crippen LogP contribution in [-0.4, -0.2) is 12.0 Å². The van der Waals surface area contributed by atoms with E-state index in [2.05, 4.69) is 0 Å². The van der Waals surface area contributed by atoms with Crippen LogP contribution < -0.4 is 5.73 Å². The molecule has 6 heteroatoms. The maximum Gasteiger partial charge on any atom is 0.392 e. The zero-order chi connectivity index (χ0) is 15.3. The molecule has 112 valence electrons. The summed E-state index contributed by atoms with van der Waals surface area (Å²) in [6.45, 7) is 5.38. The fourth-order valence-corrected chi connectivity index (χ4v) is 3.71. The molecule has 2 rings (SSSR count). The third kappa shape index (κ3) is 2.71. The Kier molecular flexibility index (Phi) is 3.65. The van der Waals surface area contributed by atoms with E-state index >= 15 is 0 Å². The van der Waals surface area contributed by atoms with E-state index in [-0.39, 0.29) is 25.0 Å². The molecule has 1 unspecified atom stereocenters. The molecule has 1 aromatic heterocycles. The molecular weight excluding hydrogens is 287 g/mol. The van der Waals surface area contributed by atoms with Crippen LogP contribution in [0.25, 0.3) is 0 Å². The van der Waals surface area contributed by atoms with Crippen LogP contribution in [0.5, 0.6) is 0 Å². The van der Waals surface area contributed by atoms with Crippen LogP contribution in [-0.2, 0) is 12.8 Å². The molecule has 0 fully saturated rings. The Morgan fingerprint density at radius 1 is 1.30 bits per heavy atom. The van der Waals surface area contributed by atoms with Gasteiger partial charge in [-0.2, -0.15) is 13.2 Å². The molecular formula is C14H18F3NOS. The van der Waals surface area contributed by atoms with Gasteiger partial charge in [0.1, 0.15) is 0 Å². The Bertz CT molecular complexity index is 540. The predicted octanol–water partition coefficient (Wildman–Crippen LogP) is 4.23. The van der Waals surface area contributed by atoms with Crippen molar-refractivity contribution in [1.82, 2.24) is 0 Å². The monoisotopic (exact) mass is 305 g/mol. The van der Waals surface area contributed by atoms with Crippen molar-refractivity contribution in [1.29, 1.82) is 0 Å². The van der Waals surface area contributed by atoms with Crippen molar-refractivity contribution in [3.8, 4) is 0 Å². The number of halogens is 3. The summed E-state index contributed by atoms with van der Waals surface area (Å²) in [6.07, 6.45) is -3.91. The number of hydrogen-bond acceptors (Lipinski definition) is 3. The number of nitrogen functional groups attached to an aromatic ring is 1. The second-order valence-electron chi connectivity index (χ2n) is 6.30. The van der Waals surface area contributed by atoms with Gasteiger partial charge in [0.05, 0.1) is 16.5 Å². The number of rotatable bonds is 1. The molecule has 1 atom stereocenters. The molecule has 1 aliphatic rings. The predicted molar refractivity (Wildman–Crippen MR) is 74.1 cm³/mol. The van der Waals surface area contributed by atoms with E-state index in [1.54, 1.807) is 20.8 Å². The molecule has 0 saturated carbocycles. The minimum absolute atomic E-state index is 0.0388. The smallest absolute Gasteiger partial charge is 0.390 e. The number of carbonyl (C=O) groups excluding carboxylic acids is 1. The van der Waals surface area contributed by atoms with E-state index < -0.39 is 17.5 Å². The first-order valence-corrected chi connectivity index (χ1v) is 7.35. The van der Waals surface area contributed by atoms with E-state index in [9.17, 15) is 18.0 Å². The topological polar surface area (TPSA) is 43.1 Å². The third-order valence-electron chi connectivity index (χ3n) is 3.66. The van der Waals surface area contributed by atoms with Crippen LogP contribution in [0.2, 0.25) is 0 Å². The standard InChI is InChI=1S/C14H18F3NOS/c1-13(2,3)11(19)10-8-5-4-7(14(15,16)17)6-9(8)20-12(10)18/h7H,4-6,18H2,1-3H3. The summed E-state index contributed by atoms with van der Waals surface area (Å²) in [6, 6.07) is 0. The molecule has 1 aliphatic carbocycles. The molecule has 2 nitrogen and oxygen atoms in total. The Morgan fingerprint density at radius 2 is 1.90 bits per heavy atom. The van der Waals surface area contributed by atoms with Crippen LogP contribution in [0, 0.1) is 11.3 Å². The summed E-state index contributed by atoms with van der Waals surface area (Å²) in [4.78, 5) is 13.0. The average Bonchev–Trinajstić information content (AvgIpc) is 2.60. The average molecular weight is 305 g/mol. The molecule has 0 spiro atoms. The molecule has 0 aromatic carbocycles. The van der Waals surface area contributed by atoms with Gasteiger partial charge in [-0.1, -0.05) is 20.8 Å². The molecule has 1 aromatic rings.